The van der Waals surface area contributed by atoms with Gasteiger partial charge in [-0.15, -0.1) is 0 Å². The standard InChI is InChI=1S/C11H18N5O7P/c1-15-4-16(10-6(15)9(12)13-3-14-10)11-8(18)7(17)5(23-11)2-22-24(19,20)21/h3,5,7-8,11,17-18H,2,4H2,1H3,(H2,12,13,14)(H2,19,20,21)/t5-,7-,8-,11-/m1/s1. The third kappa shape index (κ3) is 3.05. The first-order chi connectivity index (χ1) is 11.2. The Morgan fingerprint density at radius 1 is 1.42 bits per heavy atom. The Balaban J connectivity index is 1.79. The fraction of sp³-hybridized carbons (Fsp3) is 0.636. The molecule has 4 atom stereocenters. The average molecular weight is 363 g/mol. The van der Waals surface area contributed by atoms with Gasteiger partial charge in [0.1, 0.15) is 30.3 Å². The van der Waals surface area contributed by atoms with Crippen molar-refractivity contribution in [3.63, 3.8) is 0 Å². The number of anilines is 3. The van der Waals surface area contributed by atoms with Crippen LogP contribution >= 0.6 is 7.82 Å². The molecule has 2 aliphatic rings. The van der Waals surface area contributed by atoms with Crippen LogP contribution in [-0.4, -0.2) is 74.8 Å². The van der Waals surface area contributed by atoms with Gasteiger partial charge in [-0.1, -0.05) is 0 Å². The molecule has 13 heteroatoms. The molecule has 0 saturated carbocycles. The highest BCUT2D eigenvalue weighted by Crippen LogP contribution is 2.41. The third-order valence-corrected chi connectivity index (χ3v) is 4.39. The topological polar surface area (TPSA) is 175 Å². The summed E-state index contributed by atoms with van der Waals surface area (Å²) in [5.74, 6) is 0.692. The van der Waals surface area contributed by atoms with Crippen molar-refractivity contribution in [1.82, 2.24) is 9.97 Å². The molecule has 0 radical (unpaired) electrons. The molecule has 24 heavy (non-hydrogen) atoms. The number of nitrogens with two attached hydrogens (primary N) is 1. The molecule has 0 spiro atoms. The summed E-state index contributed by atoms with van der Waals surface area (Å²) in [6.07, 6.45) is -3.53. The molecule has 0 aromatic carbocycles. The lowest BCUT2D eigenvalue weighted by Gasteiger charge is -2.27. The quantitative estimate of drug-likeness (QED) is 0.367. The molecule has 1 aromatic heterocycles. The number of fused-ring (bicyclic) bond motifs is 1. The molecule has 134 valence electrons. The van der Waals surface area contributed by atoms with Crippen molar-refractivity contribution >= 4 is 25.1 Å². The molecular formula is C11H18N5O7P. The van der Waals surface area contributed by atoms with Crippen molar-refractivity contribution in [1.29, 1.82) is 0 Å². The highest BCUT2D eigenvalue weighted by molar-refractivity contribution is 7.46. The molecule has 2 aliphatic heterocycles. The van der Waals surface area contributed by atoms with Crippen LogP contribution < -0.4 is 15.5 Å². The minimum Gasteiger partial charge on any atom is -0.387 e. The number of aromatic nitrogens is 2. The van der Waals surface area contributed by atoms with E-state index in [0.29, 0.717) is 11.5 Å². The maximum Gasteiger partial charge on any atom is 0.469 e. The number of aliphatic hydroxyl groups is 2. The number of ether oxygens (including phenoxy) is 1. The summed E-state index contributed by atoms with van der Waals surface area (Å²) in [6, 6.07) is 0. The van der Waals surface area contributed by atoms with Gasteiger partial charge in [0.25, 0.3) is 0 Å². The maximum absolute atomic E-state index is 10.8. The van der Waals surface area contributed by atoms with Gasteiger partial charge in [0.2, 0.25) is 0 Å². The largest absolute Gasteiger partial charge is 0.469 e. The number of nitrogen functional groups attached to an aromatic ring is 1. The summed E-state index contributed by atoms with van der Waals surface area (Å²) < 4.78 is 20.7. The van der Waals surface area contributed by atoms with E-state index in [2.05, 4.69) is 14.5 Å². The summed E-state index contributed by atoms with van der Waals surface area (Å²) in [6.45, 7) is -0.291. The molecule has 0 aliphatic carbocycles. The second-order valence-corrected chi connectivity index (χ2v) is 6.81. The zero-order valence-electron chi connectivity index (χ0n) is 12.6. The summed E-state index contributed by atoms with van der Waals surface area (Å²) in [4.78, 5) is 28.9. The lowest BCUT2D eigenvalue weighted by atomic mass is 10.1. The van der Waals surface area contributed by atoms with Crippen LogP contribution in [0.1, 0.15) is 0 Å². The van der Waals surface area contributed by atoms with Crippen LogP contribution in [0.2, 0.25) is 0 Å². The van der Waals surface area contributed by atoms with Crippen molar-refractivity contribution in [3.05, 3.63) is 6.33 Å². The predicted molar refractivity (Wildman–Crippen MR) is 80.9 cm³/mol. The van der Waals surface area contributed by atoms with E-state index < -0.39 is 39.0 Å². The van der Waals surface area contributed by atoms with Gasteiger partial charge in [-0.2, -0.15) is 0 Å². The number of rotatable bonds is 4. The molecule has 3 heterocycles. The number of phosphoric acid groups is 1. The fourth-order valence-corrected chi connectivity index (χ4v) is 3.16. The zero-order valence-corrected chi connectivity index (χ0v) is 13.5. The summed E-state index contributed by atoms with van der Waals surface area (Å²) in [7, 11) is -2.96. The van der Waals surface area contributed by atoms with Gasteiger partial charge in [-0.3, -0.25) is 4.52 Å². The normalized spacial score (nSPS) is 30.0. The maximum atomic E-state index is 10.8. The van der Waals surface area contributed by atoms with Crippen molar-refractivity contribution in [2.45, 2.75) is 24.5 Å². The minimum atomic E-state index is -4.71. The predicted octanol–water partition coefficient (Wildman–Crippen LogP) is -2.17. The zero-order chi connectivity index (χ0) is 17.6. The first kappa shape index (κ1) is 17.3. The number of hydrogen-bond acceptors (Lipinski definition) is 10. The first-order valence-electron chi connectivity index (χ1n) is 6.99. The van der Waals surface area contributed by atoms with E-state index in [4.69, 9.17) is 20.3 Å². The Labute approximate surface area is 136 Å². The molecule has 1 fully saturated rings. The van der Waals surface area contributed by atoms with Crippen molar-refractivity contribution in [2.75, 3.05) is 35.9 Å². The van der Waals surface area contributed by atoms with Crippen LogP contribution in [0.3, 0.4) is 0 Å². The van der Waals surface area contributed by atoms with Crippen molar-refractivity contribution in [2.24, 2.45) is 0 Å². The lowest BCUT2D eigenvalue weighted by Crippen LogP contribution is -2.45. The molecule has 3 rings (SSSR count). The van der Waals surface area contributed by atoms with Crippen LogP contribution in [-0.2, 0) is 13.8 Å². The van der Waals surface area contributed by atoms with Gasteiger partial charge in [0, 0.05) is 7.05 Å². The summed E-state index contributed by atoms with van der Waals surface area (Å²) in [5.41, 5.74) is 6.40. The molecule has 0 bridgehead atoms. The fourth-order valence-electron chi connectivity index (χ4n) is 2.82. The van der Waals surface area contributed by atoms with E-state index in [0.717, 1.165) is 0 Å². The third-order valence-electron chi connectivity index (χ3n) is 3.90. The van der Waals surface area contributed by atoms with E-state index in [-0.39, 0.29) is 12.5 Å². The molecule has 1 aromatic rings. The smallest absolute Gasteiger partial charge is 0.387 e. The van der Waals surface area contributed by atoms with E-state index in [1.54, 1.807) is 16.8 Å². The van der Waals surface area contributed by atoms with E-state index in [9.17, 15) is 14.8 Å². The minimum absolute atomic E-state index is 0.263. The van der Waals surface area contributed by atoms with Gasteiger partial charge in [0.15, 0.2) is 17.9 Å². The lowest BCUT2D eigenvalue weighted by molar-refractivity contribution is -0.0217. The van der Waals surface area contributed by atoms with Crippen LogP contribution in [0.4, 0.5) is 17.3 Å². The Bertz CT molecular complexity index is 672. The second-order valence-electron chi connectivity index (χ2n) is 5.57. The second kappa shape index (κ2) is 6.08. The summed E-state index contributed by atoms with van der Waals surface area (Å²) >= 11 is 0. The Kier molecular flexibility index (Phi) is 4.38. The molecular weight excluding hydrogens is 345 g/mol. The van der Waals surface area contributed by atoms with Gasteiger partial charge in [0.05, 0.1) is 13.3 Å². The van der Waals surface area contributed by atoms with Crippen LogP contribution in [0.25, 0.3) is 0 Å². The number of phosphoric ester groups is 1. The highest BCUT2D eigenvalue weighted by atomic mass is 31.2. The summed E-state index contributed by atoms with van der Waals surface area (Å²) in [5, 5.41) is 20.3. The Morgan fingerprint density at radius 3 is 2.79 bits per heavy atom. The van der Waals surface area contributed by atoms with Gasteiger partial charge in [-0.25, -0.2) is 14.5 Å². The molecule has 6 N–H and O–H groups in total. The number of aliphatic hydroxyl groups excluding tert-OH is 2. The van der Waals surface area contributed by atoms with E-state index in [1.165, 1.54) is 6.33 Å². The first-order valence-corrected chi connectivity index (χ1v) is 8.52. The average Bonchev–Trinajstić information content (AvgIpc) is 2.96. The number of hydrogen-bond donors (Lipinski definition) is 5. The van der Waals surface area contributed by atoms with Crippen LogP contribution in [0.5, 0.6) is 0 Å². The van der Waals surface area contributed by atoms with Gasteiger partial charge < -0.3 is 40.3 Å². The van der Waals surface area contributed by atoms with Crippen LogP contribution in [0.15, 0.2) is 6.33 Å². The van der Waals surface area contributed by atoms with E-state index in [1.807, 2.05) is 0 Å². The Morgan fingerprint density at radius 2 is 2.12 bits per heavy atom. The molecule has 0 unspecified atom stereocenters. The molecule has 0 amide bonds. The van der Waals surface area contributed by atoms with Gasteiger partial charge in [-0.05, 0) is 0 Å². The monoisotopic (exact) mass is 363 g/mol. The van der Waals surface area contributed by atoms with Crippen LogP contribution in [0, 0.1) is 0 Å². The SMILES string of the molecule is CN1CN([C@@H]2O[C@H](COP(=O)(O)O)[C@@H](O)[C@H]2O)c2ncnc(N)c21. The van der Waals surface area contributed by atoms with Crippen molar-refractivity contribution in [3.8, 4) is 0 Å². The molecule has 12 nitrogen and oxygen atoms in total. The number of nitrogens with zero attached hydrogens (tertiary/aromatic N) is 4. The Hall–Kier alpha value is -1.53. The highest BCUT2D eigenvalue weighted by Gasteiger charge is 2.48. The van der Waals surface area contributed by atoms with Crippen molar-refractivity contribution < 1.29 is 33.8 Å². The van der Waals surface area contributed by atoms with E-state index >= 15 is 0 Å². The molecule has 1 saturated heterocycles. The van der Waals surface area contributed by atoms with Gasteiger partial charge >= 0.3 is 7.82 Å².